The van der Waals surface area contributed by atoms with Crippen LogP contribution in [0.5, 0.6) is 0 Å². The fourth-order valence-electron chi connectivity index (χ4n) is 1.92. The smallest absolute Gasteiger partial charge is 0.306 e. The number of hydrogen-bond donors (Lipinski definition) is 0. The number of carbonyl (C=O) groups is 2. The summed E-state index contributed by atoms with van der Waals surface area (Å²) in [7, 11) is 0. The summed E-state index contributed by atoms with van der Waals surface area (Å²) in [5, 5.41) is 0. The first-order chi connectivity index (χ1) is 9.34. The molecule has 1 saturated heterocycles. The second-order valence-corrected chi connectivity index (χ2v) is 6.05. The number of ether oxygens (including phenoxy) is 3. The molecule has 5 heteroatoms. The number of epoxide rings is 1. The highest BCUT2D eigenvalue weighted by Gasteiger charge is 2.35. The summed E-state index contributed by atoms with van der Waals surface area (Å²) >= 11 is 0. The maximum atomic E-state index is 11.5. The van der Waals surface area contributed by atoms with Gasteiger partial charge >= 0.3 is 11.9 Å². The predicted molar refractivity (Wildman–Crippen MR) is 74.2 cm³/mol. The first-order valence-electron chi connectivity index (χ1n) is 7.31. The molecule has 0 radical (unpaired) electrons. The Hall–Kier alpha value is -1.10. The van der Waals surface area contributed by atoms with Crippen molar-refractivity contribution in [3.63, 3.8) is 0 Å². The molecule has 1 rings (SSSR count). The number of hydrogen-bond acceptors (Lipinski definition) is 5. The molecule has 1 fully saturated rings. The van der Waals surface area contributed by atoms with Crippen molar-refractivity contribution in [3.05, 3.63) is 0 Å². The average Bonchev–Trinajstić information content (AvgIpc) is 3.08. The minimum absolute atomic E-state index is 0.0642. The van der Waals surface area contributed by atoms with E-state index in [9.17, 15) is 9.59 Å². The van der Waals surface area contributed by atoms with Crippen LogP contribution >= 0.6 is 0 Å². The summed E-state index contributed by atoms with van der Waals surface area (Å²) < 4.78 is 15.4. The average molecular weight is 286 g/mol. The van der Waals surface area contributed by atoms with Crippen molar-refractivity contribution in [2.45, 2.75) is 65.6 Å². The van der Waals surface area contributed by atoms with Crippen molar-refractivity contribution >= 4 is 11.9 Å². The Morgan fingerprint density at radius 3 is 2.20 bits per heavy atom. The van der Waals surface area contributed by atoms with Crippen LogP contribution in [0.15, 0.2) is 0 Å². The lowest BCUT2D eigenvalue weighted by Crippen LogP contribution is -2.23. The maximum Gasteiger partial charge on any atom is 0.306 e. The number of rotatable bonds is 9. The Bertz CT molecular complexity index is 337. The Labute approximate surface area is 121 Å². The van der Waals surface area contributed by atoms with E-state index in [1.165, 1.54) is 0 Å². The monoisotopic (exact) mass is 286 g/mol. The molecule has 0 aliphatic carbocycles. The zero-order chi connectivity index (χ0) is 15.2. The molecule has 20 heavy (non-hydrogen) atoms. The number of esters is 2. The van der Waals surface area contributed by atoms with Crippen molar-refractivity contribution in [2.24, 2.45) is 5.41 Å². The fraction of sp³-hybridized carbons (Fsp3) is 0.867. The van der Waals surface area contributed by atoms with Crippen LogP contribution in [0.1, 0.15) is 53.4 Å². The molecule has 0 saturated carbocycles. The van der Waals surface area contributed by atoms with Gasteiger partial charge in [-0.1, -0.05) is 13.8 Å². The van der Waals surface area contributed by atoms with Gasteiger partial charge in [0.25, 0.3) is 0 Å². The van der Waals surface area contributed by atoms with E-state index in [1.54, 1.807) is 6.92 Å². The van der Waals surface area contributed by atoms with Gasteiger partial charge in [-0.3, -0.25) is 9.59 Å². The van der Waals surface area contributed by atoms with E-state index in [-0.39, 0.29) is 30.2 Å². The van der Waals surface area contributed by atoms with E-state index < -0.39 is 0 Å². The summed E-state index contributed by atoms with van der Waals surface area (Å²) in [5.74, 6) is -0.703. The highest BCUT2D eigenvalue weighted by molar-refractivity contribution is 5.77. The van der Waals surface area contributed by atoms with Crippen LogP contribution in [0.3, 0.4) is 0 Å². The van der Waals surface area contributed by atoms with Crippen molar-refractivity contribution < 1.29 is 23.8 Å². The van der Waals surface area contributed by atoms with E-state index in [0.717, 1.165) is 12.8 Å². The van der Waals surface area contributed by atoms with Gasteiger partial charge in [-0.05, 0) is 32.1 Å². The van der Waals surface area contributed by atoms with Gasteiger partial charge < -0.3 is 14.2 Å². The predicted octanol–water partition coefficient (Wildman–Crippen LogP) is 2.47. The zero-order valence-corrected chi connectivity index (χ0v) is 12.9. The standard InChI is InChI=1S/C15H26O5/c1-5-18-13(16)6-7-14(17)19-10-15(3,4)9-8-12-11(2)20-12/h11-12H,5-10H2,1-4H3/t11?,12-/m0/s1. The molecule has 0 bridgehead atoms. The zero-order valence-electron chi connectivity index (χ0n) is 12.9. The molecule has 0 aromatic rings. The molecule has 1 aliphatic heterocycles. The largest absolute Gasteiger partial charge is 0.466 e. The summed E-state index contributed by atoms with van der Waals surface area (Å²) in [5.41, 5.74) is -0.0642. The van der Waals surface area contributed by atoms with Gasteiger partial charge in [0.2, 0.25) is 0 Å². The Morgan fingerprint density at radius 2 is 1.70 bits per heavy atom. The maximum absolute atomic E-state index is 11.5. The van der Waals surface area contributed by atoms with Crippen LogP contribution in [0, 0.1) is 5.41 Å². The molecule has 116 valence electrons. The van der Waals surface area contributed by atoms with E-state index in [1.807, 2.05) is 0 Å². The normalized spacial score (nSPS) is 21.4. The van der Waals surface area contributed by atoms with Gasteiger partial charge in [-0.25, -0.2) is 0 Å². The van der Waals surface area contributed by atoms with Gasteiger partial charge in [-0.2, -0.15) is 0 Å². The molecule has 1 heterocycles. The second kappa shape index (κ2) is 7.62. The lowest BCUT2D eigenvalue weighted by atomic mass is 9.88. The number of carbonyl (C=O) groups excluding carboxylic acids is 2. The van der Waals surface area contributed by atoms with Gasteiger partial charge in [0, 0.05) is 0 Å². The van der Waals surface area contributed by atoms with Gasteiger partial charge in [0.1, 0.15) is 0 Å². The highest BCUT2D eigenvalue weighted by Crippen LogP contribution is 2.31. The van der Waals surface area contributed by atoms with Crippen LogP contribution in [0.25, 0.3) is 0 Å². The summed E-state index contributed by atoms with van der Waals surface area (Å²) in [6.07, 6.45) is 2.85. The molecule has 2 atom stereocenters. The van der Waals surface area contributed by atoms with Gasteiger partial charge in [-0.15, -0.1) is 0 Å². The third-order valence-corrected chi connectivity index (χ3v) is 3.40. The molecule has 0 amide bonds. The van der Waals surface area contributed by atoms with Crippen LogP contribution < -0.4 is 0 Å². The summed E-state index contributed by atoms with van der Waals surface area (Å²) in [6, 6.07) is 0. The van der Waals surface area contributed by atoms with E-state index in [0.29, 0.717) is 25.4 Å². The third-order valence-electron chi connectivity index (χ3n) is 3.40. The first kappa shape index (κ1) is 17.0. The van der Waals surface area contributed by atoms with Gasteiger partial charge in [0.15, 0.2) is 0 Å². The lowest BCUT2D eigenvalue weighted by molar-refractivity contribution is -0.152. The first-order valence-corrected chi connectivity index (χ1v) is 7.31. The van der Waals surface area contributed by atoms with Crippen molar-refractivity contribution in [1.29, 1.82) is 0 Å². The third kappa shape index (κ3) is 6.89. The molecular formula is C15H26O5. The summed E-state index contributed by atoms with van der Waals surface area (Å²) in [4.78, 5) is 22.7. The molecule has 1 aliphatic rings. The van der Waals surface area contributed by atoms with E-state index >= 15 is 0 Å². The fourth-order valence-corrected chi connectivity index (χ4v) is 1.92. The van der Waals surface area contributed by atoms with Crippen LogP contribution in [-0.4, -0.2) is 37.4 Å². The van der Waals surface area contributed by atoms with Gasteiger partial charge in [0.05, 0.1) is 38.3 Å². The Morgan fingerprint density at radius 1 is 1.15 bits per heavy atom. The highest BCUT2D eigenvalue weighted by atomic mass is 16.6. The van der Waals surface area contributed by atoms with Crippen LogP contribution in [0.2, 0.25) is 0 Å². The lowest BCUT2D eigenvalue weighted by Gasteiger charge is -2.23. The molecule has 0 aromatic heterocycles. The van der Waals surface area contributed by atoms with Crippen LogP contribution in [-0.2, 0) is 23.8 Å². The second-order valence-electron chi connectivity index (χ2n) is 6.05. The molecule has 1 unspecified atom stereocenters. The van der Waals surface area contributed by atoms with Crippen molar-refractivity contribution in [2.75, 3.05) is 13.2 Å². The Kier molecular flexibility index (Phi) is 6.46. The van der Waals surface area contributed by atoms with Crippen molar-refractivity contribution in [1.82, 2.24) is 0 Å². The SMILES string of the molecule is CCOC(=O)CCC(=O)OCC(C)(C)CC[C@@H]1OC1C. The summed E-state index contributed by atoms with van der Waals surface area (Å²) in [6.45, 7) is 8.64. The topological polar surface area (TPSA) is 65.1 Å². The molecular weight excluding hydrogens is 260 g/mol. The molecule has 5 nitrogen and oxygen atoms in total. The quantitative estimate of drug-likeness (QED) is 0.481. The van der Waals surface area contributed by atoms with E-state index in [2.05, 4.69) is 20.8 Å². The van der Waals surface area contributed by atoms with Crippen molar-refractivity contribution in [3.8, 4) is 0 Å². The van der Waals surface area contributed by atoms with Crippen LogP contribution in [0.4, 0.5) is 0 Å². The molecule has 0 aromatic carbocycles. The minimum atomic E-state index is -0.358. The Balaban J connectivity index is 2.13. The minimum Gasteiger partial charge on any atom is -0.466 e. The van der Waals surface area contributed by atoms with E-state index in [4.69, 9.17) is 14.2 Å². The molecule has 0 N–H and O–H groups in total. The molecule has 0 spiro atoms.